The molecule has 164 valence electrons. The van der Waals surface area contributed by atoms with E-state index >= 15 is 0 Å². The predicted octanol–water partition coefficient (Wildman–Crippen LogP) is 3.49. The van der Waals surface area contributed by atoms with Crippen LogP contribution in [0.4, 0.5) is 13.2 Å². The van der Waals surface area contributed by atoms with Gasteiger partial charge in [-0.15, -0.1) is 0 Å². The molecule has 0 aliphatic carbocycles. The maximum Gasteiger partial charge on any atom is 0.490 e. The third kappa shape index (κ3) is 6.10. The van der Waals surface area contributed by atoms with Gasteiger partial charge in [-0.3, -0.25) is 9.88 Å². The fourth-order valence-corrected chi connectivity index (χ4v) is 3.64. The molecule has 0 bridgehead atoms. The lowest BCUT2D eigenvalue weighted by Crippen LogP contribution is -2.26. The second kappa shape index (κ2) is 9.67. The maximum atomic E-state index is 10.6. The Balaban J connectivity index is 0.000000318. The molecule has 3 atom stereocenters. The van der Waals surface area contributed by atoms with Gasteiger partial charge >= 0.3 is 12.1 Å². The average Bonchev–Trinajstić information content (AvgIpc) is 3.38. The summed E-state index contributed by atoms with van der Waals surface area (Å²) in [4.78, 5) is 15.3. The van der Waals surface area contributed by atoms with Crippen molar-refractivity contribution in [2.45, 2.75) is 18.8 Å². The highest BCUT2D eigenvalue weighted by Crippen LogP contribution is 2.34. The quantitative estimate of drug-likeness (QED) is 0.749. The van der Waals surface area contributed by atoms with Gasteiger partial charge in [0.2, 0.25) is 0 Å². The van der Waals surface area contributed by atoms with Gasteiger partial charge in [0.1, 0.15) is 11.5 Å². The van der Waals surface area contributed by atoms with E-state index in [1.807, 2.05) is 12.1 Å². The van der Waals surface area contributed by atoms with Gasteiger partial charge in [-0.25, -0.2) is 4.79 Å². The molecule has 2 aromatic rings. The smallest absolute Gasteiger partial charge is 0.490 e. The fraction of sp³-hybridized carbons (Fsp3) is 0.474. The number of pyridine rings is 1. The number of ether oxygens (including phenoxy) is 2. The number of hydrogen-bond acceptors (Lipinski definition) is 6. The van der Waals surface area contributed by atoms with E-state index in [2.05, 4.69) is 9.88 Å². The second-order valence-corrected chi connectivity index (χ2v) is 7.46. The lowest BCUT2D eigenvalue weighted by molar-refractivity contribution is -0.192. The molecule has 0 saturated carbocycles. The molecule has 1 N–H and O–H groups in total. The third-order valence-electron chi connectivity index (χ3n) is 4.86. The maximum absolute atomic E-state index is 10.6. The van der Waals surface area contributed by atoms with Crippen LogP contribution < -0.4 is 4.74 Å². The Morgan fingerprint density at radius 1 is 1.37 bits per heavy atom. The van der Waals surface area contributed by atoms with Crippen molar-refractivity contribution >= 4 is 17.6 Å². The normalized spacial score (nSPS) is 23.5. The number of furan rings is 1. The number of halogens is 4. The summed E-state index contributed by atoms with van der Waals surface area (Å²) in [6, 6.07) is 5.74. The van der Waals surface area contributed by atoms with E-state index < -0.39 is 12.1 Å². The summed E-state index contributed by atoms with van der Waals surface area (Å²) in [6.45, 7) is 4.22. The van der Waals surface area contributed by atoms with E-state index in [-0.39, 0.29) is 0 Å². The number of alkyl halides is 3. The molecule has 2 aliphatic rings. The first kappa shape index (κ1) is 22.4. The first-order valence-corrected chi connectivity index (χ1v) is 9.50. The SMILES string of the molecule is Clc1cncc(OC[C@@H]2CO[C@@H]3CN(Cc4ccco4)C[C@H]23)c1.O=C(O)C(F)(F)F. The van der Waals surface area contributed by atoms with Crippen molar-refractivity contribution in [3.05, 3.63) is 47.6 Å². The minimum Gasteiger partial charge on any atom is -0.492 e. The van der Waals surface area contributed by atoms with Crippen molar-refractivity contribution in [1.29, 1.82) is 0 Å². The Hall–Kier alpha value is -2.30. The summed E-state index contributed by atoms with van der Waals surface area (Å²) in [5.74, 6) is -0.126. The topological polar surface area (TPSA) is 85.0 Å². The van der Waals surface area contributed by atoms with Crippen LogP contribution in [0.15, 0.2) is 41.3 Å². The van der Waals surface area contributed by atoms with Crippen LogP contribution in [-0.4, -0.2) is 59.5 Å². The third-order valence-corrected chi connectivity index (χ3v) is 5.07. The molecule has 0 spiro atoms. The highest BCUT2D eigenvalue weighted by atomic mass is 35.5. The minimum atomic E-state index is -5.08. The van der Waals surface area contributed by atoms with Crippen molar-refractivity contribution < 1.29 is 37.0 Å². The second-order valence-electron chi connectivity index (χ2n) is 7.02. The Morgan fingerprint density at radius 2 is 2.13 bits per heavy atom. The molecule has 11 heteroatoms. The van der Waals surface area contributed by atoms with Gasteiger partial charge in [0.25, 0.3) is 0 Å². The van der Waals surface area contributed by atoms with Crippen molar-refractivity contribution in [1.82, 2.24) is 9.88 Å². The van der Waals surface area contributed by atoms with Crippen molar-refractivity contribution in [3.8, 4) is 5.75 Å². The zero-order valence-electron chi connectivity index (χ0n) is 15.7. The highest BCUT2D eigenvalue weighted by Gasteiger charge is 2.44. The molecular formula is C19H20ClF3N2O5. The van der Waals surface area contributed by atoms with Gasteiger partial charge < -0.3 is 19.0 Å². The Labute approximate surface area is 175 Å². The van der Waals surface area contributed by atoms with E-state index in [0.717, 1.165) is 32.0 Å². The summed E-state index contributed by atoms with van der Waals surface area (Å²) in [5.41, 5.74) is 0. The molecule has 30 heavy (non-hydrogen) atoms. The van der Waals surface area contributed by atoms with Gasteiger partial charge in [0.05, 0.1) is 43.3 Å². The average molecular weight is 449 g/mol. The van der Waals surface area contributed by atoms with E-state index in [9.17, 15) is 13.2 Å². The first-order chi connectivity index (χ1) is 14.2. The number of likely N-dealkylation sites (tertiary alicyclic amines) is 1. The van der Waals surface area contributed by atoms with E-state index in [0.29, 0.717) is 35.3 Å². The Kier molecular flexibility index (Phi) is 7.22. The molecule has 2 aromatic heterocycles. The van der Waals surface area contributed by atoms with E-state index in [1.165, 1.54) is 0 Å². The predicted molar refractivity (Wildman–Crippen MR) is 99.1 cm³/mol. The summed E-state index contributed by atoms with van der Waals surface area (Å²) in [6.07, 6.45) is 0.234. The van der Waals surface area contributed by atoms with Crippen molar-refractivity contribution in [2.75, 3.05) is 26.3 Å². The molecule has 2 aliphatic heterocycles. The van der Waals surface area contributed by atoms with E-state index in [4.69, 9.17) is 35.4 Å². The number of nitrogens with zero attached hydrogens (tertiary/aromatic N) is 2. The summed E-state index contributed by atoms with van der Waals surface area (Å²) in [7, 11) is 0. The monoisotopic (exact) mass is 448 g/mol. The summed E-state index contributed by atoms with van der Waals surface area (Å²) < 4.78 is 49.0. The van der Waals surface area contributed by atoms with Gasteiger partial charge in [-0.1, -0.05) is 11.6 Å². The molecule has 0 amide bonds. The van der Waals surface area contributed by atoms with Crippen LogP contribution in [0.3, 0.4) is 0 Å². The van der Waals surface area contributed by atoms with Crippen molar-refractivity contribution in [2.24, 2.45) is 11.8 Å². The molecule has 7 nitrogen and oxygen atoms in total. The molecule has 0 unspecified atom stereocenters. The fourth-order valence-electron chi connectivity index (χ4n) is 3.48. The van der Waals surface area contributed by atoms with Gasteiger partial charge in [0, 0.05) is 37.2 Å². The number of aromatic nitrogens is 1. The number of carboxylic acid groups (broad SMARTS) is 1. The summed E-state index contributed by atoms with van der Waals surface area (Å²) >= 11 is 5.93. The first-order valence-electron chi connectivity index (χ1n) is 9.12. The Bertz CT molecular complexity index is 834. The number of fused-ring (bicyclic) bond motifs is 1. The van der Waals surface area contributed by atoms with Crippen LogP contribution in [0.2, 0.25) is 5.02 Å². The van der Waals surface area contributed by atoms with Crippen LogP contribution in [0.1, 0.15) is 5.76 Å². The highest BCUT2D eigenvalue weighted by molar-refractivity contribution is 6.30. The number of aliphatic carboxylic acids is 1. The largest absolute Gasteiger partial charge is 0.492 e. The zero-order chi connectivity index (χ0) is 21.7. The van der Waals surface area contributed by atoms with Crippen LogP contribution >= 0.6 is 11.6 Å². The number of hydrogen-bond donors (Lipinski definition) is 1. The molecule has 0 radical (unpaired) electrons. The standard InChI is InChI=1S/C17H19ClN2O3.C2HF3O2/c18-13-4-15(6-19-5-13)22-10-12-11-23-17-9-20(8-16(12)17)7-14-2-1-3-21-14;3-2(4,5)1(6)7/h1-6,12,16-17H,7-11H2;(H,6,7)/t12-,16-,17-;/m1./s1. The molecule has 2 saturated heterocycles. The van der Waals surface area contributed by atoms with Gasteiger partial charge in [0.15, 0.2) is 0 Å². The van der Waals surface area contributed by atoms with Crippen LogP contribution in [0, 0.1) is 11.8 Å². The van der Waals surface area contributed by atoms with Crippen LogP contribution in [0.5, 0.6) is 5.75 Å². The molecule has 4 heterocycles. The lowest BCUT2D eigenvalue weighted by Gasteiger charge is -2.19. The van der Waals surface area contributed by atoms with Crippen LogP contribution in [-0.2, 0) is 16.1 Å². The molecular weight excluding hydrogens is 429 g/mol. The zero-order valence-corrected chi connectivity index (χ0v) is 16.5. The summed E-state index contributed by atoms with van der Waals surface area (Å²) in [5, 5.41) is 7.72. The van der Waals surface area contributed by atoms with Crippen molar-refractivity contribution in [3.63, 3.8) is 0 Å². The molecule has 0 aromatic carbocycles. The van der Waals surface area contributed by atoms with Gasteiger partial charge in [-0.2, -0.15) is 13.2 Å². The number of carboxylic acids is 1. The number of carbonyl (C=O) groups is 1. The van der Waals surface area contributed by atoms with E-state index in [1.54, 1.807) is 24.7 Å². The minimum absolute atomic E-state index is 0.302. The molecule has 2 fully saturated rings. The lowest BCUT2D eigenvalue weighted by atomic mass is 9.94. The van der Waals surface area contributed by atoms with Crippen LogP contribution in [0.25, 0.3) is 0 Å². The molecule has 4 rings (SSSR count). The van der Waals surface area contributed by atoms with Gasteiger partial charge in [-0.05, 0) is 12.1 Å². The Morgan fingerprint density at radius 3 is 2.77 bits per heavy atom. The number of rotatable bonds is 5.